The minimum absolute atomic E-state index is 0.151. The fraction of sp³-hybridized carbons (Fsp3) is 0.417. The molecule has 1 heterocycles. The molecule has 1 aromatic rings. The van der Waals surface area contributed by atoms with Gasteiger partial charge in [0.25, 0.3) is 0 Å². The highest BCUT2D eigenvalue weighted by Crippen LogP contribution is 2.37. The molecular weight excluding hydrogens is 208 g/mol. The van der Waals surface area contributed by atoms with E-state index < -0.39 is 5.60 Å². The van der Waals surface area contributed by atoms with E-state index in [0.717, 1.165) is 10.5 Å². The first-order chi connectivity index (χ1) is 6.91. The lowest BCUT2D eigenvalue weighted by molar-refractivity contribution is 0.0613. The number of fused-ring (bicyclic) bond motifs is 1. The number of benzene rings is 1. The zero-order chi connectivity index (χ0) is 11.2. The Morgan fingerprint density at radius 1 is 1.40 bits per heavy atom. The van der Waals surface area contributed by atoms with E-state index in [2.05, 4.69) is 12.6 Å². The molecular formula is C12H14O2S. The van der Waals surface area contributed by atoms with Gasteiger partial charge in [0.15, 0.2) is 5.78 Å². The molecule has 0 N–H and O–H groups in total. The van der Waals surface area contributed by atoms with Gasteiger partial charge in [-0.3, -0.25) is 4.79 Å². The van der Waals surface area contributed by atoms with Crippen LogP contribution in [-0.2, 0) is 0 Å². The Hall–Kier alpha value is -0.960. The molecule has 1 aliphatic heterocycles. The quantitative estimate of drug-likeness (QED) is 0.683. The number of carbonyl (C=O) groups is 1. The van der Waals surface area contributed by atoms with E-state index in [1.807, 2.05) is 26.8 Å². The summed E-state index contributed by atoms with van der Waals surface area (Å²) in [6.45, 7) is 5.78. The van der Waals surface area contributed by atoms with Gasteiger partial charge in [0.2, 0.25) is 0 Å². The zero-order valence-corrected chi connectivity index (χ0v) is 10.0. The molecule has 0 fully saturated rings. The van der Waals surface area contributed by atoms with Gasteiger partial charge in [-0.1, -0.05) is 0 Å². The maximum Gasteiger partial charge on any atom is 0.170 e. The number of ketones is 1. The average Bonchev–Trinajstić information content (AvgIpc) is 2.10. The second-order valence-electron chi connectivity index (χ2n) is 4.55. The standard InChI is InChI=1S/C12H14O2S/c1-7-10(15)5-4-8-9(13)6-12(2,3)14-11(7)8/h4-5,15H,6H2,1-3H3. The van der Waals surface area contributed by atoms with Gasteiger partial charge in [-0.15, -0.1) is 12.6 Å². The molecule has 0 saturated carbocycles. The van der Waals surface area contributed by atoms with Crippen LogP contribution in [-0.4, -0.2) is 11.4 Å². The summed E-state index contributed by atoms with van der Waals surface area (Å²) >= 11 is 4.33. The molecule has 1 aliphatic rings. The monoisotopic (exact) mass is 222 g/mol. The van der Waals surface area contributed by atoms with Gasteiger partial charge in [0.05, 0.1) is 12.0 Å². The van der Waals surface area contributed by atoms with Gasteiger partial charge in [-0.25, -0.2) is 0 Å². The van der Waals surface area contributed by atoms with E-state index in [-0.39, 0.29) is 5.78 Å². The number of carbonyl (C=O) groups excluding carboxylic acids is 1. The minimum atomic E-state index is -0.406. The lowest BCUT2D eigenvalue weighted by Gasteiger charge is -2.32. The summed E-state index contributed by atoms with van der Waals surface area (Å²) in [7, 11) is 0. The third-order valence-corrected chi connectivity index (χ3v) is 3.13. The molecule has 80 valence electrons. The van der Waals surface area contributed by atoms with E-state index in [0.29, 0.717) is 17.7 Å². The van der Waals surface area contributed by atoms with Crippen molar-refractivity contribution in [3.63, 3.8) is 0 Å². The normalized spacial score (nSPS) is 18.3. The molecule has 0 bridgehead atoms. The SMILES string of the molecule is Cc1c(S)ccc2c1OC(C)(C)CC2=O. The van der Waals surface area contributed by atoms with E-state index in [1.54, 1.807) is 6.07 Å². The molecule has 2 nitrogen and oxygen atoms in total. The van der Waals surface area contributed by atoms with Crippen molar-refractivity contribution in [2.75, 3.05) is 0 Å². The topological polar surface area (TPSA) is 26.3 Å². The summed E-state index contributed by atoms with van der Waals surface area (Å²) in [5, 5.41) is 0. The molecule has 2 rings (SSSR count). The van der Waals surface area contributed by atoms with Gasteiger partial charge >= 0.3 is 0 Å². The van der Waals surface area contributed by atoms with Crippen LogP contribution in [0.4, 0.5) is 0 Å². The first-order valence-corrected chi connectivity index (χ1v) is 5.40. The first kappa shape index (κ1) is 10.6. The van der Waals surface area contributed by atoms with Gasteiger partial charge in [-0.05, 0) is 32.9 Å². The van der Waals surface area contributed by atoms with Crippen molar-refractivity contribution < 1.29 is 9.53 Å². The van der Waals surface area contributed by atoms with Crippen molar-refractivity contribution >= 4 is 18.4 Å². The van der Waals surface area contributed by atoms with Crippen LogP contribution in [0.5, 0.6) is 5.75 Å². The lowest BCUT2D eigenvalue weighted by atomic mass is 9.92. The van der Waals surface area contributed by atoms with Crippen molar-refractivity contribution in [3.05, 3.63) is 23.3 Å². The number of hydrogen-bond acceptors (Lipinski definition) is 3. The van der Waals surface area contributed by atoms with Crippen molar-refractivity contribution in [1.29, 1.82) is 0 Å². The highest BCUT2D eigenvalue weighted by atomic mass is 32.1. The minimum Gasteiger partial charge on any atom is -0.486 e. The van der Waals surface area contributed by atoms with E-state index >= 15 is 0 Å². The molecule has 0 aromatic heterocycles. The largest absolute Gasteiger partial charge is 0.486 e. The van der Waals surface area contributed by atoms with Crippen LogP contribution in [0.25, 0.3) is 0 Å². The second kappa shape index (κ2) is 3.27. The van der Waals surface area contributed by atoms with Crippen LogP contribution in [0.1, 0.15) is 36.2 Å². The first-order valence-electron chi connectivity index (χ1n) is 4.95. The van der Waals surface area contributed by atoms with E-state index in [4.69, 9.17) is 4.74 Å². The molecule has 0 amide bonds. The highest BCUT2D eigenvalue weighted by molar-refractivity contribution is 7.80. The molecule has 0 aliphatic carbocycles. The maximum atomic E-state index is 11.9. The summed E-state index contributed by atoms with van der Waals surface area (Å²) in [5.41, 5.74) is 1.22. The number of ether oxygens (including phenoxy) is 1. The molecule has 3 heteroatoms. The molecule has 0 radical (unpaired) electrons. The summed E-state index contributed by atoms with van der Waals surface area (Å²) in [5.74, 6) is 0.849. The van der Waals surface area contributed by atoms with Gasteiger partial charge in [0, 0.05) is 10.5 Å². The van der Waals surface area contributed by atoms with Crippen LogP contribution in [0, 0.1) is 6.92 Å². The molecule has 0 saturated heterocycles. The number of rotatable bonds is 0. The Labute approximate surface area is 95.0 Å². The van der Waals surface area contributed by atoms with Gasteiger partial charge in [0.1, 0.15) is 11.4 Å². The Bertz CT molecular complexity index is 435. The smallest absolute Gasteiger partial charge is 0.170 e. The highest BCUT2D eigenvalue weighted by Gasteiger charge is 2.33. The van der Waals surface area contributed by atoms with Crippen LogP contribution in [0.15, 0.2) is 17.0 Å². The Kier molecular flexibility index (Phi) is 2.30. The molecule has 1 aromatic carbocycles. The van der Waals surface area contributed by atoms with Crippen LogP contribution < -0.4 is 4.74 Å². The van der Waals surface area contributed by atoms with Crippen LogP contribution in [0.2, 0.25) is 0 Å². The zero-order valence-electron chi connectivity index (χ0n) is 9.13. The van der Waals surface area contributed by atoms with Crippen LogP contribution in [0.3, 0.4) is 0 Å². The van der Waals surface area contributed by atoms with Gasteiger partial charge in [-0.2, -0.15) is 0 Å². The molecule has 0 spiro atoms. The Balaban J connectivity index is 2.61. The molecule has 15 heavy (non-hydrogen) atoms. The summed E-state index contributed by atoms with van der Waals surface area (Å²) in [6.07, 6.45) is 0.436. The van der Waals surface area contributed by atoms with Gasteiger partial charge < -0.3 is 4.74 Å². The summed E-state index contributed by atoms with van der Waals surface area (Å²) in [4.78, 5) is 12.7. The predicted molar refractivity (Wildman–Crippen MR) is 62.1 cm³/mol. The number of hydrogen-bond donors (Lipinski definition) is 1. The Morgan fingerprint density at radius 3 is 2.73 bits per heavy atom. The number of thiol groups is 1. The summed E-state index contributed by atoms with van der Waals surface area (Å²) < 4.78 is 5.83. The number of Topliss-reactive ketones (excluding diaryl/α,β-unsaturated/α-hetero) is 1. The van der Waals surface area contributed by atoms with E-state index in [9.17, 15) is 4.79 Å². The third kappa shape index (κ3) is 1.76. The van der Waals surface area contributed by atoms with Crippen molar-refractivity contribution in [2.24, 2.45) is 0 Å². The summed E-state index contributed by atoms with van der Waals surface area (Å²) in [6, 6.07) is 3.64. The lowest BCUT2D eigenvalue weighted by Crippen LogP contribution is -2.36. The average molecular weight is 222 g/mol. The second-order valence-corrected chi connectivity index (χ2v) is 5.03. The van der Waals surface area contributed by atoms with Crippen LogP contribution >= 0.6 is 12.6 Å². The van der Waals surface area contributed by atoms with Crippen molar-refractivity contribution in [2.45, 2.75) is 37.7 Å². The maximum absolute atomic E-state index is 11.9. The van der Waals surface area contributed by atoms with Crippen molar-refractivity contribution in [3.8, 4) is 5.75 Å². The van der Waals surface area contributed by atoms with Crippen molar-refractivity contribution in [1.82, 2.24) is 0 Å². The third-order valence-electron chi connectivity index (χ3n) is 2.64. The fourth-order valence-electron chi connectivity index (χ4n) is 1.83. The predicted octanol–water partition coefficient (Wildman–Crippen LogP) is 3.03. The fourth-order valence-corrected chi connectivity index (χ4v) is 2.00. The van der Waals surface area contributed by atoms with E-state index in [1.165, 1.54) is 0 Å². The Morgan fingerprint density at radius 2 is 2.07 bits per heavy atom. The molecule has 0 unspecified atom stereocenters. The molecule has 0 atom stereocenters.